The second kappa shape index (κ2) is 7.43. The second-order valence-corrected chi connectivity index (χ2v) is 5.50. The topological polar surface area (TPSA) is 70.2 Å². The Morgan fingerprint density at radius 1 is 1.33 bits per heavy atom. The minimum Gasteiger partial charge on any atom is -0.326 e. The number of halogens is 1. The van der Waals surface area contributed by atoms with Crippen LogP contribution in [0.4, 0.5) is 11.4 Å². The smallest absolute Gasteiger partial charge is 0.241 e. The van der Waals surface area contributed by atoms with Crippen LogP contribution in [0.3, 0.4) is 0 Å². The average molecular weight is 310 g/mol. The van der Waals surface area contributed by atoms with Crippen molar-refractivity contribution in [2.24, 2.45) is 0 Å². The van der Waals surface area contributed by atoms with Gasteiger partial charge in [-0.25, -0.2) is 0 Å². The summed E-state index contributed by atoms with van der Waals surface area (Å²) in [5, 5.41) is 9.22. The molecule has 2 rings (SSSR count). The number of amides is 2. The normalized spacial score (nSPS) is 18.1. The molecule has 2 amide bonds. The van der Waals surface area contributed by atoms with E-state index in [1.165, 1.54) is 0 Å². The summed E-state index contributed by atoms with van der Waals surface area (Å²) in [6.07, 6.45) is 3.38. The lowest BCUT2D eigenvalue weighted by Gasteiger charge is -2.22. The third-order valence-corrected chi connectivity index (χ3v) is 3.79. The van der Waals surface area contributed by atoms with Crippen molar-refractivity contribution in [2.75, 3.05) is 17.2 Å². The first-order chi connectivity index (χ1) is 10.1. The van der Waals surface area contributed by atoms with E-state index in [0.29, 0.717) is 22.8 Å². The van der Waals surface area contributed by atoms with Crippen LogP contribution in [-0.4, -0.2) is 24.4 Å². The maximum absolute atomic E-state index is 12.2. The number of hydrogen-bond acceptors (Lipinski definition) is 3. The molecule has 1 unspecified atom stereocenters. The van der Waals surface area contributed by atoms with Crippen LogP contribution in [0, 0.1) is 0 Å². The molecule has 0 saturated carbocycles. The second-order valence-electron chi connectivity index (χ2n) is 5.09. The number of piperidine rings is 1. The third-order valence-electron chi connectivity index (χ3n) is 3.46. The standard InChI is InChI=1S/C15H20ClN3O2/c1-2-14(20)18-10-6-7-11(16)13(9-10)19-15(21)12-5-3-4-8-17-12/h6-7,9,12,17H,2-5,8H2,1H3,(H,18,20)(H,19,21). The SMILES string of the molecule is CCC(=O)Nc1ccc(Cl)c(NC(=O)C2CCCCN2)c1. The predicted molar refractivity (Wildman–Crippen MR) is 84.6 cm³/mol. The largest absolute Gasteiger partial charge is 0.326 e. The Labute approximate surface area is 129 Å². The van der Waals surface area contributed by atoms with Crippen molar-refractivity contribution in [3.05, 3.63) is 23.2 Å². The number of benzene rings is 1. The van der Waals surface area contributed by atoms with Gasteiger partial charge in [0, 0.05) is 12.1 Å². The first-order valence-corrected chi connectivity index (χ1v) is 7.61. The molecule has 0 aliphatic carbocycles. The van der Waals surface area contributed by atoms with E-state index in [1.54, 1.807) is 25.1 Å². The Morgan fingerprint density at radius 3 is 2.81 bits per heavy atom. The molecule has 21 heavy (non-hydrogen) atoms. The molecule has 1 fully saturated rings. The van der Waals surface area contributed by atoms with Gasteiger partial charge in [-0.2, -0.15) is 0 Å². The van der Waals surface area contributed by atoms with Gasteiger partial charge in [-0.05, 0) is 37.6 Å². The fourth-order valence-corrected chi connectivity index (χ4v) is 2.41. The van der Waals surface area contributed by atoms with Gasteiger partial charge in [0.2, 0.25) is 11.8 Å². The summed E-state index contributed by atoms with van der Waals surface area (Å²) < 4.78 is 0. The van der Waals surface area contributed by atoms with Gasteiger partial charge < -0.3 is 16.0 Å². The fraction of sp³-hybridized carbons (Fsp3) is 0.467. The van der Waals surface area contributed by atoms with Gasteiger partial charge >= 0.3 is 0 Å². The van der Waals surface area contributed by atoms with Crippen molar-refractivity contribution in [1.29, 1.82) is 0 Å². The van der Waals surface area contributed by atoms with Gasteiger partial charge in [-0.3, -0.25) is 9.59 Å². The van der Waals surface area contributed by atoms with Crippen molar-refractivity contribution >= 4 is 34.8 Å². The molecular weight excluding hydrogens is 290 g/mol. The van der Waals surface area contributed by atoms with Crippen LogP contribution >= 0.6 is 11.6 Å². The zero-order valence-electron chi connectivity index (χ0n) is 12.0. The molecule has 1 aliphatic heterocycles. The van der Waals surface area contributed by atoms with Crippen molar-refractivity contribution in [1.82, 2.24) is 5.32 Å². The lowest BCUT2D eigenvalue weighted by atomic mass is 10.0. The Morgan fingerprint density at radius 2 is 2.14 bits per heavy atom. The molecule has 1 heterocycles. The highest BCUT2D eigenvalue weighted by atomic mass is 35.5. The van der Waals surface area contributed by atoms with Crippen molar-refractivity contribution < 1.29 is 9.59 Å². The molecule has 5 nitrogen and oxygen atoms in total. The highest BCUT2D eigenvalue weighted by Gasteiger charge is 2.21. The van der Waals surface area contributed by atoms with Gasteiger partial charge in [0.05, 0.1) is 16.8 Å². The molecule has 0 aromatic heterocycles. The van der Waals surface area contributed by atoms with E-state index in [-0.39, 0.29) is 17.9 Å². The average Bonchev–Trinajstić information content (AvgIpc) is 2.51. The number of anilines is 2. The summed E-state index contributed by atoms with van der Waals surface area (Å²) in [7, 11) is 0. The molecule has 0 bridgehead atoms. The Kier molecular flexibility index (Phi) is 5.59. The van der Waals surface area contributed by atoms with E-state index in [4.69, 9.17) is 11.6 Å². The molecule has 0 radical (unpaired) electrons. The molecule has 1 aliphatic rings. The summed E-state index contributed by atoms with van der Waals surface area (Å²) in [5.74, 6) is -0.167. The lowest BCUT2D eigenvalue weighted by molar-refractivity contribution is -0.118. The molecule has 1 saturated heterocycles. The first kappa shape index (κ1) is 15.8. The highest BCUT2D eigenvalue weighted by molar-refractivity contribution is 6.34. The van der Waals surface area contributed by atoms with Crippen LogP contribution in [-0.2, 0) is 9.59 Å². The van der Waals surface area contributed by atoms with Crippen LogP contribution in [0.1, 0.15) is 32.6 Å². The van der Waals surface area contributed by atoms with Gasteiger partial charge in [0.15, 0.2) is 0 Å². The van der Waals surface area contributed by atoms with Crippen LogP contribution in [0.25, 0.3) is 0 Å². The molecule has 114 valence electrons. The van der Waals surface area contributed by atoms with Crippen molar-refractivity contribution in [3.63, 3.8) is 0 Å². The Hall–Kier alpha value is -1.59. The number of nitrogens with one attached hydrogen (secondary N) is 3. The van der Waals surface area contributed by atoms with E-state index in [1.807, 2.05) is 0 Å². The van der Waals surface area contributed by atoms with Gasteiger partial charge in [-0.15, -0.1) is 0 Å². The lowest BCUT2D eigenvalue weighted by Crippen LogP contribution is -2.43. The Balaban J connectivity index is 2.05. The third kappa shape index (κ3) is 4.44. The molecule has 6 heteroatoms. The summed E-state index contributed by atoms with van der Waals surface area (Å²) >= 11 is 6.10. The number of carbonyl (C=O) groups excluding carboxylic acids is 2. The van der Waals surface area contributed by atoms with E-state index >= 15 is 0 Å². The summed E-state index contributed by atoms with van der Waals surface area (Å²) in [5.41, 5.74) is 1.14. The summed E-state index contributed by atoms with van der Waals surface area (Å²) in [4.78, 5) is 23.6. The molecule has 3 N–H and O–H groups in total. The molecule has 1 aromatic rings. The summed E-state index contributed by atoms with van der Waals surface area (Å²) in [6, 6.07) is 4.88. The van der Waals surface area contributed by atoms with Gasteiger partial charge in [0.1, 0.15) is 0 Å². The Bertz CT molecular complexity index is 528. The van der Waals surface area contributed by atoms with Crippen LogP contribution in [0.2, 0.25) is 5.02 Å². The van der Waals surface area contributed by atoms with E-state index in [0.717, 1.165) is 25.8 Å². The number of carbonyl (C=O) groups is 2. The van der Waals surface area contributed by atoms with E-state index in [2.05, 4.69) is 16.0 Å². The quantitative estimate of drug-likeness (QED) is 0.801. The van der Waals surface area contributed by atoms with Gasteiger partial charge in [0.25, 0.3) is 0 Å². The minimum atomic E-state index is -0.177. The van der Waals surface area contributed by atoms with Crippen molar-refractivity contribution in [2.45, 2.75) is 38.6 Å². The molecule has 0 spiro atoms. The van der Waals surface area contributed by atoms with Gasteiger partial charge in [-0.1, -0.05) is 24.9 Å². The fourth-order valence-electron chi connectivity index (χ4n) is 2.24. The van der Waals surface area contributed by atoms with E-state index < -0.39 is 0 Å². The highest BCUT2D eigenvalue weighted by Crippen LogP contribution is 2.26. The van der Waals surface area contributed by atoms with Crippen molar-refractivity contribution in [3.8, 4) is 0 Å². The zero-order chi connectivity index (χ0) is 15.2. The molecule has 1 aromatic carbocycles. The predicted octanol–water partition coefficient (Wildman–Crippen LogP) is 2.77. The van der Waals surface area contributed by atoms with Crippen LogP contribution in [0.15, 0.2) is 18.2 Å². The van der Waals surface area contributed by atoms with Crippen LogP contribution < -0.4 is 16.0 Å². The molecule has 1 atom stereocenters. The maximum atomic E-state index is 12.2. The maximum Gasteiger partial charge on any atom is 0.241 e. The molecular formula is C15H20ClN3O2. The number of hydrogen-bond donors (Lipinski definition) is 3. The zero-order valence-corrected chi connectivity index (χ0v) is 12.8. The summed E-state index contributed by atoms with van der Waals surface area (Å²) in [6.45, 7) is 2.64. The van der Waals surface area contributed by atoms with E-state index in [9.17, 15) is 9.59 Å². The monoisotopic (exact) mass is 309 g/mol. The minimum absolute atomic E-state index is 0.0800. The first-order valence-electron chi connectivity index (χ1n) is 7.24. The number of rotatable bonds is 4. The van der Waals surface area contributed by atoms with Crippen LogP contribution in [0.5, 0.6) is 0 Å².